The fraction of sp³-hybridized carbons (Fsp3) is 0. The third kappa shape index (κ3) is 5.60. The van der Waals surface area contributed by atoms with Gasteiger partial charge < -0.3 is 10.4 Å². The Morgan fingerprint density at radius 3 is 1.96 bits per heavy atom. The van der Waals surface area contributed by atoms with E-state index in [4.69, 9.17) is 5.11 Å². The Morgan fingerprint density at radius 2 is 1.35 bits per heavy atom. The predicted octanol–water partition coefficient (Wildman–Crippen LogP) is 1.34. The van der Waals surface area contributed by atoms with E-state index in [1.807, 2.05) is 5.43 Å². The smallest absolute Gasteiger partial charge is 0.328 e. The molecule has 3 amide bonds. The van der Waals surface area contributed by atoms with Gasteiger partial charge in [-0.15, -0.1) is 0 Å². The van der Waals surface area contributed by atoms with E-state index >= 15 is 0 Å². The molecule has 0 bridgehead atoms. The normalized spacial score (nSPS) is 10.2. The van der Waals surface area contributed by atoms with Crippen LogP contribution in [0.1, 0.15) is 20.7 Å². The molecule has 0 spiro atoms. The van der Waals surface area contributed by atoms with Gasteiger partial charge >= 0.3 is 5.97 Å². The first-order valence-electron chi connectivity index (χ1n) is 7.43. The second kappa shape index (κ2) is 8.78. The lowest BCUT2D eigenvalue weighted by Crippen LogP contribution is -2.40. The van der Waals surface area contributed by atoms with Crippen molar-refractivity contribution in [1.29, 1.82) is 0 Å². The molecule has 0 saturated heterocycles. The molecule has 0 atom stereocenters. The molecule has 26 heavy (non-hydrogen) atoms. The third-order valence-electron chi connectivity index (χ3n) is 3.12. The molecule has 0 aromatic heterocycles. The maximum atomic E-state index is 12.0. The van der Waals surface area contributed by atoms with E-state index in [1.165, 1.54) is 12.1 Å². The quantitative estimate of drug-likeness (QED) is 0.477. The zero-order valence-electron chi connectivity index (χ0n) is 13.4. The van der Waals surface area contributed by atoms with E-state index in [-0.39, 0.29) is 11.5 Å². The first-order valence-corrected chi connectivity index (χ1v) is 7.43. The van der Waals surface area contributed by atoms with Crippen LogP contribution in [0.2, 0.25) is 0 Å². The molecule has 8 heteroatoms. The maximum absolute atomic E-state index is 12.0. The Hall–Kier alpha value is -3.94. The highest BCUT2D eigenvalue weighted by Gasteiger charge is 2.08. The van der Waals surface area contributed by atoms with Crippen molar-refractivity contribution in [1.82, 2.24) is 10.9 Å². The van der Waals surface area contributed by atoms with Crippen LogP contribution in [0.4, 0.5) is 5.69 Å². The molecule has 0 unspecified atom stereocenters. The highest BCUT2D eigenvalue weighted by atomic mass is 16.4. The Balaban J connectivity index is 1.90. The fourth-order valence-electron chi connectivity index (χ4n) is 1.88. The summed E-state index contributed by atoms with van der Waals surface area (Å²) < 4.78 is 0. The minimum Gasteiger partial charge on any atom is -0.478 e. The topological polar surface area (TPSA) is 125 Å². The van der Waals surface area contributed by atoms with Crippen molar-refractivity contribution in [2.24, 2.45) is 0 Å². The van der Waals surface area contributed by atoms with Gasteiger partial charge in [-0.05, 0) is 36.4 Å². The molecule has 0 fully saturated rings. The Kier molecular flexibility index (Phi) is 6.22. The van der Waals surface area contributed by atoms with E-state index < -0.39 is 17.8 Å². The van der Waals surface area contributed by atoms with Gasteiger partial charge in [0, 0.05) is 29.0 Å². The number of amides is 3. The highest BCUT2D eigenvalue weighted by Crippen LogP contribution is 2.11. The molecule has 0 radical (unpaired) electrons. The van der Waals surface area contributed by atoms with E-state index in [9.17, 15) is 19.2 Å². The average molecular weight is 353 g/mol. The molecule has 2 rings (SSSR count). The van der Waals surface area contributed by atoms with Crippen molar-refractivity contribution in [2.75, 3.05) is 5.32 Å². The second-order valence-electron chi connectivity index (χ2n) is 5.01. The standard InChI is InChI=1S/C18H15N3O5/c22-15(10-11-16(23)24)20-21-18(26)13-6-8-14(9-7-13)19-17(25)12-4-2-1-3-5-12/h1-11H,(H,19,25)(H,20,22)(H,21,26)(H,23,24). The van der Waals surface area contributed by atoms with Crippen LogP contribution in [-0.2, 0) is 9.59 Å². The zero-order chi connectivity index (χ0) is 18.9. The number of hydrogen-bond donors (Lipinski definition) is 4. The first-order chi connectivity index (χ1) is 12.5. The lowest BCUT2D eigenvalue weighted by Gasteiger charge is -2.08. The van der Waals surface area contributed by atoms with Crippen molar-refractivity contribution in [2.45, 2.75) is 0 Å². The summed E-state index contributed by atoms with van der Waals surface area (Å²) in [5.74, 6) is -2.93. The number of aliphatic carboxylic acids is 1. The predicted molar refractivity (Wildman–Crippen MR) is 93.2 cm³/mol. The van der Waals surface area contributed by atoms with Gasteiger partial charge in [0.15, 0.2) is 0 Å². The minimum absolute atomic E-state index is 0.241. The summed E-state index contributed by atoms with van der Waals surface area (Å²) in [6, 6.07) is 14.7. The van der Waals surface area contributed by atoms with E-state index in [0.717, 1.165) is 6.08 Å². The molecule has 0 aliphatic heterocycles. The molecule has 4 N–H and O–H groups in total. The van der Waals surface area contributed by atoms with Gasteiger partial charge in [0.05, 0.1) is 0 Å². The number of hydrazine groups is 1. The number of rotatable bonds is 5. The summed E-state index contributed by atoms with van der Waals surface area (Å²) in [4.78, 5) is 45.5. The summed E-state index contributed by atoms with van der Waals surface area (Å²) in [6.45, 7) is 0. The van der Waals surface area contributed by atoms with Crippen molar-refractivity contribution in [3.63, 3.8) is 0 Å². The number of carbonyl (C=O) groups excluding carboxylic acids is 3. The highest BCUT2D eigenvalue weighted by molar-refractivity contribution is 6.04. The lowest BCUT2D eigenvalue weighted by atomic mass is 10.1. The summed E-state index contributed by atoms with van der Waals surface area (Å²) in [5, 5.41) is 11.1. The van der Waals surface area contributed by atoms with Crippen molar-refractivity contribution in [3.05, 3.63) is 77.9 Å². The molecule has 2 aromatic rings. The zero-order valence-corrected chi connectivity index (χ0v) is 13.4. The van der Waals surface area contributed by atoms with Crippen LogP contribution in [-0.4, -0.2) is 28.8 Å². The monoisotopic (exact) mass is 353 g/mol. The maximum Gasteiger partial charge on any atom is 0.328 e. The molecule has 132 valence electrons. The van der Waals surface area contributed by atoms with Gasteiger partial charge in [-0.2, -0.15) is 0 Å². The van der Waals surface area contributed by atoms with Crippen LogP contribution in [0.3, 0.4) is 0 Å². The van der Waals surface area contributed by atoms with Crippen LogP contribution < -0.4 is 16.2 Å². The van der Waals surface area contributed by atoms with Gasteiger partial charge in [-0.1, -0.05) is 18.2 Å². The van der Waals surface area contributed by atoms with Crippen LogP contribution in [0.15, 0.2) is 66.7 Å². The van der Waals surface area contributed by atoms with Gasteiger partial charge in [0.25, 0.3) is 17.7 Å². The van der Waals surface area contributed by atoms with Crippen LogP contribution in [0.5, 0.6) is 0 Å². The molecule has 0 saturated carbocycles. The van der Waals surface area contributed by atoms with Gasteiger partial charge in [-0.3, -0.25) is 25.2 Å². The number of carboxylic acid groups (broad SMARTS) is 1. The Morgan fingerprint density at radius 1 is 0.731 bits per heavy atom. The molecular weight excluding hydrogens is 338 g/mol. The summed E-state index contributed by atoms with van der Waals surface area (Å²) in [7, 11) is 0. The van der Waals surface area contributed by atoms with Crippen LogP contribution >= 0.6 is 0 Å². The van der Waals surface area contributed by atoms with Gasteiger partial charge in [-0.25, -0.2) is 4.79 Å². The summed E-state index contributed by atoms with van der Waals surface area (Å²) in [6.07, 6.45) is 1.41. The molecule has 2 aromatic carbocycles. The van der Waals surface area contributed by atoms with E-state index in [0.29, 0.717) is 17.3 Å². The number of carbonyl (C=O) groups is 4. The number of hydrogen-bond acceptors (Lipinski definition) is 4. The number of carboxylic acids is 1. The molecule has 0 aliphatic rings. The molecular formula is C18H15N3O5. The minimum atomic E-state index is -1.28. The second-order valence-corrected chi connectivity index (χ2v) is 5.01. The fourth-order valence-corrected chi connectivity index (χ4v) is 1.88. The van der Waals surface area contributed by atoms with Crippen LogP contribution in [0.25, 0.3) is 0 Å². The third-order valence-corrected chi connectivity index (χ3v) is 3.12. The van der Waals surface area contributed by atoms with E-state index in [2.05, 4.69) is 10.7 Å². The first kappa shape index (κ1) is 18.4. The largest absolute Gasteiger partial charge is 0.478 e. The summed E-state index contributed by atoms with van der Waals surface area (Å²) >= 11 is 0. The Labute approximate surface area is 148 Å². The molecule has 8 nitrogen and oxygen atoms in total. The van der Waals surface area contributed by atoms with Crippen molar-refractivity contribution < 1.29 is 24.3 Å². The molecule has 0 heterocycles. The van der Waals surface area contributed by atoms with Crippen LogP contribution in [0, 0.1) is 0 Å². The number of benzene rings is 2. The number of anilines is 1. The average Bonchev–Trinajstić information content (AvgIpc) is 2.65. The van der Waals surface area contributed by atoms with Crippen molar-refractivity contribution >= 4 is 29.4 Å². The van der Waals surface area contributed by atoms with Crippen molar-refractivity contribution in [3.8, 4) is 0 Å². The SMILES string of the molecule is O=C(O)C=CC(=O)NNC(=O)c1ccc(NC(=O)c2ccccc2)cc1. The van der Waals surface area contributed by atoms with Gasteiger partial charge in [0.2, 0.25) is 0 Å². The molecule has 0 aliphatic carbocycles. The lowest BCUT2D eigenvalue weighted by molar-refractivity contribution is -0.131. The van der Waals surface area contributed by atoms with Gasteiger partial charge in [0.1, 0.15) is 0 Å². The van der Waals surface area contributed by atoms with E-state index in [1.54, 1.807) is 42.5 Å². The number of nitrogens with one attached hydrogen (secondary N) is 3. The summed E-state index contributed by atoms with van der Waals surface area (Å²) in [5.41, 5.74) is 5.44. The Bertz CT molecular complexity index is 845.